The third-order valence-electron chi connectivity index (χ3n) is 3.77. The largest absolute Gasteiger partial charge is 0.494 e. The number of anilines is 1. The molecular weight excluding hydrogens is 394 g/mol. The Morgan fingerprint density at radius 2 is 2.00 bits per heavy atom. The molecule has 9 heteroatoms. The van der Waals surface area contributed by atoms with Gasteiger partial charge >= 0.3 is 0 Å². The molecule has 1 amide bonds. The highest BCUT2D eigenvalue weighted by Gasteiger charge is 2.14. The summed E-state index contributed by atoms with van der Waals surface area (Å²) in [6.45, 7) is 2.54. The maximum atomic E-state index is 12.2. The third-order valence-corrected chi connectivity index (χ3v) is 5.44. The van der Waals surface area contributed by atoms with Gasteiger partial charge in [-0.3, -0.25) is 4.79 Å². The van der Waals surface area contributed by atoms with Crippen LogP contribution in [0.1, 0.15) is 6.92 Å². The van der Waals surface area contributed by atoms with E-state index in [4.69, 9.17) is 10.6 Å². The third kappa shape index (κ3) is 4.99. The van der Waals surface area contributed by atoms with Gasteiger partial charge in [-0.25, -0.2) is 4.68 Å². The Labute approximate surface area is 172 Å². The summed E-state index contributed by atoms with van der Waals surface area (Å²) < 4.78 is 6.83. The molecular formula is C19H21N5O2S2. The van der Waals surface area contributed by atoms with Crippen molar-refractivity contribution in [1.82, 2.24) is 14.9 Å². The Balaban J connectivity index is 1.61. The molecule has 7 nitrogen and oxygen atoms in total. The van der Waals surface area contributed by atoms with E-state index in [0.29, 0.717) is 17.6 Å². The zero-order valence-corrected chi connectivity index (χ0v) is 17.2. The lowest BCUT2D eigenvalue weighted by Gasteiger charge is -2.07. The van der Waals surface area contributed by atoms with Crippen LogP contribution in [0.25, 0.3) is 11.4 Å². The van der Waals surface area contributed by atoms with E-state index in [9.17, 15) is 4.79 Å². The quantitative estimate of drug-likeness (QED) is 0.429. The lowest BCUT2D eigenvalue weighted by atomic mass is 10.2. The van der Waals surface area contributed by atoms with Crippen molar-refractivity contribution in [3.05, 3.63) is 48.5 Å². The van der Waals surface area contributed by atoms with Crippen LogP contribution in [0.2, 0.25) is 0 Å². The Hall–Kier alpha value is -2.65. The predicted molar refractivity (Wildman–Crippen MR) is 114 cm³/mol. The molecule has 0 unspecified atom stereocenters. The maximum Gasteiger partial charge on any atom is 0.234 e. The van der Waals surface area contributed by atoms with Gasteiger partial charge in [-0.2, -0.15) is 0 Å². The second-order valence-electron chi connectivity index (χ2n) is 5.70. The van der Waals surface area contributed by atoms with E-state index in [0.717, 1.165) is 21.9 Å². The van der Waals surface area contributed by atoms with Gasteiger partial charge < -0.3 is 15.9 Å². The molecule has 146 valence electrons. The van der Waals surface area contributed by atoms with Crippen molar-refractivity contribution in [3.8, 4) is 17.1 Å². The van der Waals surface area contributed by atoms with Gasteiger partial charge in [-0.05, 0) is 55.6 Å². The molecule has 2 aromatic carbocycles. The number of nitrogens with zero attached hydrogens (tertiary/aromatic N) is 3. The first-order valence-electron chi connectivity index (χ1n) is 8.61. The number of aromatic nitrogens is 3. The predicted octanol–water partition coefficient (Wildman–Crippen LogP) is 3.51. The second kappa shape index (κ2) is 9.52. The first kappa shape index (κ1) is 20.1. The average molecular weight is 416 g/mol. The highest BCUT2D eigenvalue weighted by Crippen LogP contribution is 2.24. The lowest BCUT2D eigenvalue weighted by Crippen LogP contribution is -2.16. The number of ether oxygens (including phenoxy) is 1. The number of amides is 1. The van der Waals surface area contributed by atoms with Crippen LogP contribution in [0.5, 0.6) is 5.75 Å². The van der Waals surface area contributed by atoms with Crippen molar-refractivity contribution >= 4 is 35.1 Å². The highest BCUT2D eigenvalue weighted by atomic mass is 32.2. The summed E-state index contributed by atoms with van der Waals surface area (Å²) in [5.74, 6) is 7.48. The molecule has 0 aliphatic rings. The number of benzene rings is 2. The van der Waals surface area contributed by atoms with E-state index in [1.807, 2.05) is 61.7 Å². The first-order chi connectivity index (χ1) is 13.6. The van der Waals surface area contributed by atoms with Gasteiger partial charge in [0.1, 0.15) is 5.75 Å². The summed E-state index contributed by atoms with van der Waals surface area (Å²) >= 11 is 2.86. The van der Waals surface area contributed by atoms with Gasteiger partial charge in [0, 0.05) is 16.1 Å². The summed E-state index contributed by atoms with van der Waals surface area (Å²) in [4.78, 5) is 13.3. The molecule has 0 fully saturated rings. The van der Waals surface area contributed by atoms with Crippen molar-refractivity contribution in [2.24, 2.45) is 0 Å². The monoisotopic (exact) mass is 415 g/mol. The molecule has 0 radical (unpaired) electrons. The Bertz CT molecular complexity index is 944. The fraction of sp³-hybridized carbons (Fsp3) is 0.211. The van der Waals surface area contributed by atoms with Crippen molar-refractivity contribution < 1.29 is 9.53 Å². The van der Waals surface area contributed by atoms with Crippen molar-refractivity contribution in [1.29, 1.82) is 0 Å². The summed E-state index contributed by atoms with van der Waals surface area (Å²) in [7, 11) is 0. The molecule has 0 aliphatic heterocycles. The minimum Gasteiger partial charge on any atom is -0.494 e. The smallest absolute Gasteiger partial charge is 0.234 e. The molecule has 28 heavy (non-hydrogen) atoms. The van der Waals surface area contributed by atoms with E-state index < -0.39 is 0 Å². The molecule has 1 heterocycles. The Morgan fingerprint density at radius 1 is 1.21 bits per heavy atom. The molecule has 0 bridgehead atoms. The number of nitrogens with one attached hydrogen (secondary N) is 1. The molecule has 0 saturated heterocycles. The van der Waals surface area contributed by atoms with Crippen LogP contribution >= 0.6 is 23.5 Å². The number of hydrogen-bond donors (Lipinski definition) is 2. The van der Waals surface area contributed by atoms with Gasteiger partial charge in [0.15, 0.2) is 5.82 Å². The van der Waals surface area contributed by atoms with Crippen LogP contribution in [-0.4, -0.2) is 39.4 Å². The summed E-state index contributed by atoms with van der Waals surface area (Å²) in [6.07, 6.45) is 1.99. The lowest BCUT2D eigenvalue weighted by molar-refractivity contribution is -0.113. The number of rotatable bonds is 8. The molecule has 0 aliphatic carbocycles. The maximum absolute atomic E-state index is 12.2. The number of thioether (sulfide) groups is 2. The first-order valence-corrected chi connectivity index (χ1v) is 10.8. The van der Waals surface area contributed by atoms with E-state index in [-0.39, 0.29) is 11.7 Å². The van der Waals surface area contributed by atoms with Crippen LogP contribution in [-0.2, 0) is 4.79 Å². The van der Waals surface area contributed by atoms with Crippen LogP contribution in [0, 0.1) is 0 Å². The van der Waals surface area contributed by atoms with Gasteiger partial charge in [0.25, 0.3) is 0 Å². The summed E-state index contributed by atoms with van der Waals surface area (Å²) in [6, 6.07) is 15.2. The SMILES string of the molecule is CCOc1ccc(-c2nnc(SCC(=O)Nc3cccc(SC)c3)n2N)cc1. The topological polar surface area (TPSA) is 95.1 Å². The minimum atomic E-state index is -0.131. The number of hydrogen-bond acceptors (Lipinski definition) is 7. The van der Waals surface area contributed by atoms with E-state index in [1.165, 1.54) is 16.4 Å². The van der Waals surface area contributed by atoms with Gasteiger partial charge in [-0.15, -0.1) is 22.0 Å². The summed E-state index contributed by atoms with van der Waals surface area (Å²) in [5, 5.41) is 11.6. The van der Waals surface area contributed by atoms with Crippen molar-refractivity contribution in [3.63, 3.8) is 0 Å². The average Bonchev–Trinajstić information content (AvgIpc) is 3.08. The van der Waals surface area contributed by atoms with E-state index in [1.54, 1.807) is 11.8 Å². The van der Waals surface area contributed by atoms with Crippen LogP contribution in [0.4, 0.5) is 5.69 Å². The molecule has 3 aromatic rings. The van der Waals surface area contributed by atoms with Gasteiger partial charge in [0.2, 0.25) is 11.1 Å². The number of nitrogen functional groups attached to an aromatic ring is 1. The van der Waals surface area contributed by atoms with Gasteiger partial charge in [-0.1, -0.05) is 17.8 Å². The molecule has 1 aromatic heterocycles. The van der Waals surface area contributed by atoms with E-state index >= 15 is 0 Å². The number of carbonyl (C=O) groups excluding carboxylic acids is 1. The summed E-state index contributed by atoms with van der Waals surface area (Å²) in [5.41, 5.74) is 1.59. The zero-order chi connectivity index (χ0) is 19.9. The molecule has 0 saturated carbocycles. The number of nitrogens with two attached hydrogens (primary N) is 1. The molecule has 0 spiro atoms. The van der Waals surface area contributed by atoms with Crippen LogP contribution in [0.3, 0.4) is 0 Å². The fourth-order valence-electron chi connectivity index (χ4n) is 2.47. The molecule has 3 rings (SSSR count). The fourth-order valence-corrected chi connectivity index (χ4v) is 3.58. The van der Waals surface area contributed by atoms with Crippen molar-refractivity contribution in [2.45, 2.75) is 17.0 Å². The normalized spacial score (nSPS) is 10.6. The Morgan fingerprint density at radius 3 is 2.71 bits per heavy atom. The van der Waals surface area contributed by atoms with Gasteiger partial charge in [0.05, 0.1) is 12.4 Å². The second-order valence-corrected chi connectivity index (χ2v) is 7.52. The highest BCUT2D eigenvalue weighted by molar-refractivity contribution is 7.99. The van der Waals surface area contributed by atoms with Crippen LogP contribution in [0.15, 0.2) is 58.6 Å². The Kier molecular flexibility index (Phi) is 6.83. The minimum absolute atomic E-state index is 0.131. The zero-order valence-electron chi connectivity index (χ0n) is 15.6. The number of carbonyl (C=O) groups is 1. The molecule has 0 atom stereocenters. The standard InChI is InChI=1S/C19H21N5O2S2/c1-3-26-15-9-7-13(8-10-15)18-22-23-19(24(18)20)28-12-17(25)21-14-5-4-6-16(11-14)27-2/h4-11H,3,12,20H2,1-2H3,(H,21,25). The van der Waals surface area contributed by atoms with Crippen LogP contribution < -0.4 is 15.9 Å². The molecule has 3 N–H and O–H groups in total. The van der Waals surface area contributed by atoms with E-state index in [2.05, 4.69) is 15.5 Å². The van der Waals surface area contributed by atoms with Crippen molar-refractivity contribution in [2.75, 3.05) is 29.8 Å².